The highest BCUT2D eigenvalue weighted by Gasteiger charge is 2.07. The van der Waals surface area contributed by atoms with Gasteiger partial charge in [-0.3, -0.25) is 9.48 Å². The molecule has 0 radical (unpaired) electrons. The van der Waals surface area contributed by atoms with Gasteiger partial charge in [0, 0.05) is 18.3 Å². The molecule has 0 aliphatic heterocycles. The summed E-state index contributed by atoms with van der Waals surface area (Å²) in [4.78, 5) is 12.2. The van der Waals surface area contributed by atoms with Crippen LogP contribution in [0, 0.1) is 11.3 Å². The first-order valence-corrected chi connectivity index (χ1v) is 7.62. The molecule has 0 saturated heterocycles. The van der Waals surface area contributed by atoms with Crippen molar-refractivity contribution in [1.29, 1.82) is 5.26 Å². The smallest absolute Gasteiger partial charge is 0.255 e. The van der Waals surface area contributed by atoms with E-state index in [0.29, 0.717) is 16.8 Å². The molecule has 0 aliphatic rings. The standard InChI is InChI=1S/C19H16N4O/c20-12-16-6-8-17(9-7-16)19(24)22-18-13-21-23(14-18)11-10-15-4-2-1-3-5-15/h1-9,13-14H,10-11H2,(H,22,24). The van der Waals surface area contributed by atoms with Crippen molar-refractivity contribution in [2.45, 2.75) is 13.0 Å². The molecule has 118 valence electrons. The van der Waals surface area contributed by atoms with Crippen molar-refractivity contribution >= 4 is 11.6 Å². The Bertz CT molecular complexity index is 860. The lowest BCUT2D eigenvalue weighted by Gasteiger charge is -2.03. The number of hydrogen-bond donors (Lipinski definition) is 1. The lowest BCUT2D eigenvalue weighted by Crippen LogP contribution is -2.11. The van der Waals surface area contributed by atoms with E-state index < -0.39 is 0 Å². The van der Waals surface area contributed by atoms with Gasteiger partial charge in [-0.15, -0.1) is 0 Å². The topological polar surface area (TPSA) is 70.7 Å². The Balaban J connectivity index is 1.59. The minimum absolute atomic E-state index is 0.220. The summed E-state index contributed by atoms with van der Waals surface area (Å²) in [5.41, 5.74) is 2.93. The number of carbonyl (C=O) groups excluding carboxylic acids is 1. The van der Waals surface area contributed by atoms with Gasteiger partial charge in [0.15, 0.2) is 0 Å². The first-order chi connectivity index (χ1) is 11.7. The van der Waals surface area contributed by atoms with Crippen molar-refractivity contribution in [3.05, 3.63) is 83.7 Å². The maximum Gasteiger partial charge on any atom is 0.255 e. The van der Waals surface area contributed by atoms with Crippen molar-refractivity contribution in [2.24, 2.45) is 0 Å². The largest absolute Gasteiger partial charge is 0.319 e. The van der Waals surface area contributed by atoms with E-state index in [-0.39, 0.29) is 5.91 Å². The summed E-state index contributed by atoms with van der Waals surface area (Å²) in [6, 6.07) is 18.7. The summed E-state index contributed by atoms with van der Waals surface area (Å²) in [7, 11) is 0. The number of anilines is 1. The van der Waals surface area contributed by atoms with E-state index in [1.54, 1.807) is 35.1 Å². The maximum absolute atomic E-state index is 12.2. The van der Waals surface area contributed by atoms with Gasteiger partial charge in [-0.1, -0.05) is 30.3 Å². The third-order valence-corrected chi connectivity index (χ3v) is 3.64. The second-order valence-electron chi connectivity index (χ2n) is 5.37. The second kappa shape index (κ2) is 7.25. The molecular formula is C19H16N4O. The summed E-state index contributed by atoms with van der Waals surface area (Å²) < 4.78 is 1.81. The van der Waals surface area contributed by atoms with Gasteiger partial charge in [0.25, 0.3) is 5.91 Å². The quantitative estimate of drug-likeness (QED) is 0.785. The van der Waals surface area contributed by atoms with Gasteiger partial charge in [-0.25, -0.2) is 0 Å². The predicted molar refractivity (Wildman–Crippen MR) is 91.5 cm³/mol. The van der Waals surface area contributed by atoms with Crippen LogP contribution in [0.15, 0.2) is 67.0 Å². The van der Waals surface area contributed by atoms with E-state index in [1.807, 2.05) is 30.5 Å². The number of nitriles is 1. The Morgan fingerprint density at radius 3 is 2.58 bits per heavy atom. The Hall–Kier alpha value is -3.39. The zero-order valence-corrected chi connectivity index (χ0v) is 13.0. The molecule has 0 atom stereocenters. The third-order valence-electron chi connectivity index (χ3n) is 3.64. The number of aromatic nitrogens is 2. The molecule has 1 amide bonds. The van der Waals surface area contributed by atoms with Crippen molar-refractivity contribution in [2.75, 3.05) is 5.32 Å². The summed E-state index contributed by atoms with van der Waals surface area (Å²) in [5.74, 6) is -0.220. The normalized spacial score (nSPS) is 10.1. The van der Waals surface area contributed by atoms with Crippen LogP contribution in [0.4, 0.5) is 5.69 Å². The Morgan fingerprint density at radius 2 is 1.88 bits per heavy atom. The van der Waals surface area contributed by atoms with E-state index in [9.17, 15) is 4.79 Å². The molecular weight excluding hydrogens is 300 g/mol. The Morgan fingerprint density at radius 1 is 1.12 bits per heavy atom. The highest BCUT2D eigenvalue weighted by Crippen LogP contribution is 2.10. The maximum atomic E-state index is 12.2. The number of amides is 1. The fourth-order valence-electron chi connectivity index (χ4n) is 2.34. The van der Waals surface area contributed by atoms with E-state index in [1.165, 1.54) is 5.56 Å². The van der Waals surface area contributed by atoms with Gasteiger partial charge in [-0.2, -0.15) is 10.4 Å². The highest BCUT2D eigenvalue weighted by atomic mass is 16.1. The molecule has 0 bridgehead atoms. The van der Waals surface area contributed by atoms with Crippen LogP contribution in [0.25, 0.3) is 0 Å². The fourth-order valence-corrected chi connectivity index (χ4v) is 2.34. The van der Waals surface area contributed by atoms with Crippen LogP contribution >= 0.6 is 0 Å². The monoisotopic (exact) mass is 316 g/mol. The molecule has 5 nitrogen and oxygen atoms in total. The van der Waals surface area contributed by atoms with E-state index in [2.05, 4.69) is 22.5 Å². The number of benzene rings is 2. The average Bonchev–Trinajstić information content (AvgIpc) is 3.08. The van der Waals surface area contributed by atoms with Crippen LogP contribution in [0.5, 0.6) is 0 Å². The second-order valence-corrected chi connectivity index (χ2v) is 5.37. The molecule has 1 heterocycles. The minimum atomic E-state index is -0.220. The summed E-state index contributed by atoms with van der Waals surface area (Å²) >= 11 is 0. The van der Waals surface area contributed by atoms with Gasteiger partial charge in [0.1, 0.15) is 0 Å². The molecule has 0 saturated carbocycles. The average molecular weight is 316 g/mol. The Kier molecular flexibility index (Phi) is 4.68. The molecule has 0 aliphatic carbocycles. The van der Waals surface area contributed by atoms with Crippen molar-refractivity contribution in [3.63, 3.8) is 0 Å². The zero-order chi connectivity index (χ0) is 16.8. The van der Waals surface area contributed by atoms with Gasteiger partial charge >= 0.3 is 0 Å². The number of rotatable bonds is 5. The molecule has 3 aromatic rings. The van der Waals surface area contributed by atoms with Crippen LogP contribution < -0.4 is 5.32 Å². The lowest BCUT2D eigenvalue weighted by molar-refractivity contribution is 0.102. The highest BCUT2D eigenvalue weighted by molar-refractivity contribution is 6.04. The van der Waals surface area contributed by atoms with Gasteiger partial charge in [-0.05, 0) is 36.2 Å². The van der Waals surface area contributed by atoms with E-state index in [4.69, 9.17) is 5.26 Å². The fraction of sp³-hybridized carbons (Fsp3) is 0.105. The van der Waals surface area contributed by atoms with Gasteiger partial charge in [0.2, 0.25) is 0 Å². The number of nitrogens with one attached hydrogen (secondary N) is 1. The van der Waals surface area contributed by atoms with Crippen molar-refractivity contribution < 1.29 is 4.79 Å². The molecule has 0 unspecified atom stereocenters. The first-order valence-electron chi connectivity index (χ1n) is 7.62. The van der Waals surface area contributed by atoms with Crippen LogP contribution in [0.3, 0.4) is 0 Å². The molecule has 24 heavy (non-hydrogen) atoms. The molecule has 3 rings (SSSR count). The number of aryl methyl sites for hydroxylation is 2. The first kappa shape index (κ1) is 15.5. The molecule has 2 aromatic carbocycles. The minimum Gasteiger partial charge on any atom is -0.319 e. The van der Waals surface area contributed by atoms with Crippen LogP contribution in [-0.2, 0) is 13.0 Å². The van der Waals surface area contributed by atoms with Crippen LogP contribution in [-0.4, -0.2) is 15.7 Å². The summed E-state index contributed by atoms with van der Waals surface area (Å²) in [6.45, 7) is 0.747. The molecule has 0 spiro atoms. The third kappa shape index (κ3) is 3.87. The molecule has 1 N–H and O–H groups in total. The summed E-state index contributed by atoms with van der Waals surface area (Å²) in [6.07, 6.45) is 4.32. The van der Waals surface area contributed by atoms with Crippen molar-refractivity contribution in [3.8, 4) is 6.07 Å². The van der Waals surface area contributed by atoms with Crippen LogP contribution in [0.2, 0.25) is 0 Å². The Labute approximate surface area is 140 Å². The van der Waals surface area contributed by atoms with Crippen LogP contribution in [0.1, 0.15) is 21.5 Å². The lowest BCUT2D eigenvalue weighted by atomic mass is 10.1. The number of nitrogens with zero attached hydrogens (tertiary/aromatic N) is 3. The molecule has 1 aromatic heterocycles. The molecule has 0 fully saturated rings. The number of carbonyl (C=O) groups is 1. The van der Waals surface area contributed by atoms with E-state index >= 15 is 0 Å². The predicted octanol–water partition coefficient (Wildman–Crippen LogP) is 3.25. The number of hydrogen-bond acceptors (Lipinski definition) is 3. The van der Waals surface area contributed by atoms with Gasteiger partial charge < -0.3 is 5.32 Å². The van der Waals surface area contributed by atoms with E-state index in [0.717, 1.165) is 13.0 Å². The van der Waals surface area contributed by atoms with Gasteiger partial charge in [0.05, 0.1) is 23.5 Å². The molecule has 5 heteroatoms. The summed E-state index contributed by atoms with van der Waals surface area (Å²) in [5, 5.41) is 15.8. The zero-order valence-electron chi connectivity index (χ0n) is 13.0. The SMILES string of the molecule is N#Cc1ccc(C(=O)Nc2cnn(CCc3ccccc3)c2)cc1. The van der Waals surface area contributed by atoms with Crippen molar-refractivity contribution in [1.82, 2.24) is 9.78 Å².